The van der Waals surface area contributed by atoms with E-state index in [1.54, 1.807) is 0 Å². The van der Waals surface area contributed by atoms with Crippen LogP contribution in [-0.2, 0) is 9.47 Å². The van der Waals surface area contributed by atoms with Crippen molar-refractivity contribution in [2.45, 2.75) is 19.8 Å². The van der Waals surface area contributed by atoms with Gasteiger partial charge in [0.25, 0.3) is 0 Å². The number of ether oxygens (including phenoxy) is 3. The lowest BCUT2D eigenvalue weighted by molar-refractivity contribution is -0.138. The van der Waals surface area contributed by atoms with Crippen molar-refractivity contribution in [3.63, 3.8) is 0 Å². The molecule has 0 N–H and O–H groups in total. The van der Waals surface area contributed by atoms with Crippen LogP contribution < -0.4 is 4.74 Å². The quantitative estimate of drug-likeness (QED) is 0.664. The van der Waals surface area contributed by atoms with Gasteiger partial charge in [-0.2, -0.15) is 0 Å². The molecule has 1 heterocycles. The first-order chi connectivity index (χ1) is 8.79. The third kappa shape index (κ3) is 4.31. The van der Waals surface area contributed by atoms with Crippen LogP contribution in [0.5, 0.6) is 5.75 Å². The van der Waals surface area contributed by atoms with Crippen LogP contribution in [0.1, 0.15) is 19.8 Å². The minimum absolute atomic E-state index is 0.264. The van der Waals surface area contributed by atoms with Gasteiger partial charge in [0, 0.05) is 12.0 Å². The van der Waals surface area contributed by atoms with Crippen molar-refractivity contribution < 1.29 is 14.2 Å². The van der Waals surface area contributed by atoms with E-state index in [1.165, 1.54) is 0 Å². The van der Waals surface area contributed by atoms with E-state index in [-0.39, 0.29) is 5.41 Å². The minimum Gasteiger partial charge on any atom is -0.494 e. The predicted molar refractivity (Wildman–Crippen MR) is 70.9 cm³/mol. The van der Waals surface area contributed by atoms with Gasteiger partial charge in [-0.05, 0) is 25.0 Å². The van der Waals surface area contributed by atoms with Gasteiger partial charge in [0.1, 0.15) is 5.75 Å². The number of hydrogen-bond donors (Lipinski definition) is 0. The molecule has 0 amide bonds. The van der Waals surface area contributed by atoms with Crippen LogP contribution in [0.3, 0.4) is 0 Å². The van der Waals surface area contributed by atoms with Crippen LogP contribution >= 0.6 is 0 Å². The van der Waals surface area contributed by atoms with Crippen LogP contribution in [0.25, 0.3) is 0 Å². The van der Waals surface area contributed by atoms with E-state index < -0.39 is 0 Å². The highest BCUT2D eigenvalue weighted by Crippen LogP contribution is 2.26. The second kappa shape index (κ2) is 6.76. The van der Waals surface area contributed by atoms with E-state index in [4.69, 9.17) is 14.2 Å². The Kier molecular flexibility index (Phi) is 5.02. The van der Waals surface area contributed by atoms with Crippen molar-refractivity contribution in [2.75, 3.05) is 33.0 Å². The van der Waals surface area contributed by atoms with Gasteiger partial charge in [-0.25, -0.2) is 0 Å². The first kappa shape index (κ1) is 13.4. The van der Waals surface area contributed by atoms with Gasteiger partial charge >= 0.3 is 0 Å². The van der Waals surface area contributed by atoms with Crippen molar-refractivity contribution in [1.82, 2.24) is 0 Å². The third-order valence-electron chi connectivity index (χ3n) is 3.05. The largest absolute Gasteiger partial charge is 0.494 e. The second-order valence-corrected chi connectivity index (χ2v) is 5.22. The van der Waals surface area contributed by atoms with Crippen LogP contribution in [0.15, 0.2) is 30.3 Å². The van der Waals surface area contributed by atoms with Gasteiger partial charge in [0.05, 0.1) is 26.4 Å². The Morgan fingerprint density at radius 2 is 1.83 bits per heavy atom. The van der Waals surface area contributed by atoms with Crippen molar-refractivity contribution in [2.24, 2.45) is 5.41 Å². The zero-order valence-corrected chi connectivity index (χ0v) is 11.1. The molecular formula is C15H22O3. The number of hydrogen-bond acceptors (Lipinski definition) is 3. The molecule has 1 aliphatic rings. The van der Waals surface area contributed by atoms with E-state index in [0.717, 1.165) is 51.6 Å². The molecule has 0 saturated carbocycles. The Morgan fingerprint density at radius 1 is 1.11 bits per heavy atom. The van der Waals surface area contributed by atoms with Crippen molar-refractivity contribution in [3.05, 3.63) is 30.3 Å². The molecule has 0 aromatic heterocycles. The lowest BCUT2D eigenvalue weighted by Gasteiger charge is -2.37. The summed E-state index contributed by atoms with van der Waals surface area (Å²) < 4.78 is 16.5. The molecule has 0 aliphatic carbocycles. The second-order valence-electron chi connectivity index (χ2n) is 5.22. The highest BCUT2D eigenvalue weighted by molar-refractivity contribution is 5.20. The molecule has 2 rings (SSSR count). The summed E-state index contributed by atoms with van der Waals surface area (Å²) in [6.45, 7) is 6.26. The molecule has 0 bridgehead atoms. The van der Waals surface area contributed by atoms with Crippen molar-refractivity contribution in [3.8, 4) is 5.75 Å². The first-order valence-corrected chi connectivity index (χ1v) is 6.62. The minimum atomic E-state index is 0.264. The summed E-state index contributed by atoms with van der Waals surface area (Å²) in [5.41, 5.74) is 0.264. The third-order valence-corrected chi connectivity index (χ3v) is 3.05. The smallest absolute Gasteiger partial charge is 0.119 e. The summed E-state index contributed by atoms with van der Waals surface area (Å²) in [6, 6.07) is 9.92. The molecule has 0 spiro atoms. The molecule has 1 aromatic carbocycles. The zero-order chi connectivity index (χ0) is 12.7. The Hall–Kier alpha value is -1.06. The van der Waals surface area contributed by atoms with E-state index in [2.05, 4.69) is 6.92 Å². The summed E-state index contributed by atoms with van der Waals surface area (Å²) in [7, 11) is 0. The SMILES string of the molecule is CC1(COCCCCOc2ccccc2)COC1. The van der Waals surface area contributed by atoms with Crippen molar-refractivity contribution >= 4 is 0 Å². The molecule has 0 atom stereocenters. The monoisotopic (exact) mass is 250 g/mol. The average Bonchev–Trinajstić information content (AvgIpc) is 2.37. The average molecular weight is 250 g/mol. The maximum atomic E-state index is 5.66. The fourth-order valence-electron chi connectivity index (χ4n) is 1.87. The standard InChI is InChI=1S/C15H22O3/c1-15(12-17-13-15)11-16-9-5-6-10-18-14-7-3-2-4-8-14/h2-4,7-8H,5-6,9-13H2,1H3. The molecule has 100 valence electrons. The van der Waals surface area contributed by atoms with Crippen LogP contribution in [0.2, 0.25) is 0 Å². The number of benzene rings is 1. The van der Waals surface area contributed by atoms with Crippen LogP contribution in [-0.4, -0.2) is 33.0 Å². The van der Waals surface area contributed by atoms with Crippen LogP contribution in [0, 0.1) is 5.41 Å². The molecule has 0 unspecified atom stereocenters. The molecule has 1 fully saturated rings. The van der Waals surface area contributed by atoms with Gasteiger partial charge in [0.2, 0.25) is 0 Å². The van der Waals surface area contributed by atoms with Gasteiger partial charge < -0.3 is 14.2 Å². The Bertz CT molecular complexity index is 333. The van der Waals surface area contributed by atoms with Gasteiger partial charge in [-0.1, -0.05) is 25.1 Å². The molecule has 3 nitrogen and oxygen atoms in total. The summed E-state index contributed by atoms with van der Waals surface area (Å²) in [6.07, 6.45) is 2.08. The molecule has 0 radical (unpaired) electrons. The Balaban J connectivity index is 1.44. The molecule has 3 heteroatoms. The van der Waals surface area contributed by atoms with E-state index in [1.807, 2.05) is 30.3 Å². The topological polar surface area (TPSA) is 27.7 Å². The maximum absolute atomic E-state index is 5.66. The van der Waals surface area contributed by atoms with Crippen LogP contribution in [0.4, 0.5) is 0 Å². The summed E-state index contributed by atoms with van der Waals surface area (Å²) in [5.74, 6) is 0.942. The molecule has 1 aliphatic heterocycles. The zero-order valence-electron chi connectivity index (χ0n) is 11.1. The van der Waals surface area contributed by atoms with E-state index in [0.29, 0.717) is 0 Å². The predicted octanol–water partition coefficient (Wildman–Crippen LogP) is 2.90. The summed E-state index contributed by atoms with van der Waals surface area (Å²) in [4.78, 5) is 0. The van der Waals surface area contributed by atoms with Gasteiger partial charge in [-0.3, -0.25) is 0 Å². The lowest BCUT2D eigenvalue weighted by Crippen LogP contribution is -2.43. The normalized spacial score (nSPS) is 17.2. The Labute approximate surface area is 109 Å². The molecule has 18 heavy (non-hydrogen) atoms. The van der Waals surface area contributed by atoms with E-state index in [9.17, 15) is 0 Å². The van der Waals surface area contributed by atoms with Crippen molar-refractivity contribution in [1.29, 1.82) is 0 Å². The Morgan fingerprint density at radius 3 is 2.50 bits per heavy atom. The van der Waals surface area contributed by atoms with Gasteiger partial charge in [0.15, 0.2) is 0 Å². The summed E-state index contributed by atoms with van der Waals surface area (Å²) in [5, 5.41) is 0. The van der Waals surface area contributed by atoms with Gasteiger partial charge in [-0.15, -0.1) is 0 Å². The summed E-state index contributed by atoms with van der Waals surface area (Å²) >= 11 is 0. The molecule has 1 saturated heterocycles. The number of unbranched alkanes of at least 4 members (excludes halogenated alkanes) is 1. The number of para-hydroxylation sites is 1. The highest BCUT2D eigenvalue weighted by atomic mass is 16.5. The highest BCUT2D eigenvalue weighted by Gasteiger charge is 2.33. The molecular weight excluding hydrogens is 228 g/mol. The fourth-order valence-corrected chi connectivity index (χ4v) is 1.87. The number of rotatable bonds is 8. The van der Waals surface area contributed by atoms with E-state index >= 15 is 0 Å². The molecule has 1 aromatic rings. The fraction of sp³-hybridized carbons (Fsp3) is 0.600. The first-order valence-electron chi connectivity index (χ1n) is 6.62. The maximum Gasteiger partial charge on any atom is 0.119 e. The lowest BCUT2D eigenvalue weighted by atomic mass is 9.90.